The summed E-state index contributed by atoms with van der Waals surface area (Å²) in [7, 11) is -0.910. The van der Waals surface area contributed by atoms with Crippen LogP contribution in [0.2, 0.25) is 0 Å². The van der Waals surface area contributed by atoms with E-state index >= 15 is 0 Å². The van der Waals surface area contributed by atoms with Gasteiger partial charge in [-0.15, -0.1) is 0 Å². The Morgan fingerprint density at radius 1 is 1.06 bits per heavy atom. The van der Waals surface area contributed by atoms with Crippen molar-refractivity contribution in [2.24, 2.45) is 0 Å². The van der Waals surface area contributed by atoms with E-state index in [2.05, 4.69) is 15.9 Å². The van der Waals surface area contributed by atoms with Crippen LogP contribution in [-0.2, 0) is 22.3 Å². The zero-order chi connectivity index (χ0) is 13.0. The Balaban J connectivity index is 2.03. The summed E-state index contributed by atoms with van der Waals surface area (Å²) in [6, 6.07) is 15.5. The highest BCUT2D eigenvalue weighted by molar-refractivity contribution is 9.10. The largest absolute Gasteiger partial charge is 0.399 e. The van der Waals surface area contributed by atoms with Crippen LogP contribution in [-0.4, -0.2) is 4.21 Å². The Kier molecular flexibility index (Phi) is 4.55. The van der Waals surface area contributed by atoms with Crippen LogP contribution in [0, 0.1) is 0 Å². The zero-order valence-corrected chi connectivity index (χ0v) is 12.2. The lowest BCUT2D eigenvalue weighted by Crippen LogP contribution is -2.00. The van der Waals surface area contributed by atoms with Gasteiger partial charge in [-0.3, -0.25) is 4.21 Å². The summed E-state index contributed by atoms with van der Waals surface area (Å²) in [5.74, 6) is 1.12. The van der Waals surface area contributed by atoms with Gasteiger partial charge in [0.2, 0.25) is 0 Å². The van der Waals surface area contributed by atoms with Gasteiger partial charge >= 0.3 is 0 Å². The highest BCUT2D eigenvalue weighted by Gasteiger charge is 2.06. The predicted molar refractivity (Wildman–Crippen MR) is 80.5 cm³/mol. The Bertz CT molecular complexity index is 557. The third kappa shape index (κ3) is 3.68. The van der Waals surface area contributed by atoms with Crippen LogP contribution < -0.4 is 5.73 Å². The Hall–Kier alpha value is -1.13. The minimum absolute atomic E-state index is 0.537. The lowest BCUT2D eigenvalue weighted by molar-refractivity contribution is 0.682. The molecule has 0 radical (unpaired) electrons. The van der Waals surface area contributed by atoms with Crippen LogP contribution in [0.15, 0.2) is 53.0 Å². The van der Waals surface area contributed by atoms with E-state index in [0.29, 0.717) is 17.2 Å². The number of hydrogen-bond acceptors (Lipinski definition) is 2. The minimum atomic E-state index is -0.910. The van der Waals surface area contributed by atoms with Crippen LogP contribution in [0.1, 0.15) is 11.1 Å². The second-order valence-corrected chi connectivity index (χ2v) is 6.38. The first-order chi connectivity index (χ1) is 8.65. The van der Waals surface area contributed by atoms with Gasteiger partial charge in [0.05, 0.1) is 0 Å². The first kappa shape index (κ1) is 13.3. The molecule has 94 valence electrons. The predicted octanol–water partition coefficient (Wildman–Crippen LogP) is 3.48. The smallest absolute Gasteiger partial charge is 0.0500 e. The molecule has 0 aliphatic heterocycles. The molecular weight excluding hydrogens is 310 g/mol. The summed E-state index contributed by atoms with van der Waals surface area (Å²) in [5.41, 5.74) is 8.51. The molecule has 0 aliphatic rings. The van der Waals surface area contributed by atoms with Gasteiger partial charge in [0.1, 0.15) is 0 Å². The van der Waals surface area contributed by atoms with Crippen LogP contribution in [0.3, 0.4) is 0 Å². The van der Waals surface area contributed by atoms with Crippen molar-refractivity contribution >= 4 is 32.4 Å². The summed E-state index contributed by atoms with van der Waals surface area (Å²) in [4.78, 5) is 0. The molecule has 0 aromatic heterocycles. The SMILES string of the molecule is Nc1ccc(CS(=O)Cc2ccccc2)c(Br)c1. The quantitative estimate of drug-likeness (QED) is 0.875. The summed E-state index contributed by atoms with van der Waals surface area (Å²) >= 11 is 3.45. The number of halogens is 1. The molecule has 0 heterocycles. The fourth-order valence-corrected chi connectivity index (χ4v) is 3.65. The maximum absolute atomic E-state index is 12.1. The van der Waals surface area contributed by atoms with Crippen molar-refractivity contribution in [1.29, 1.82) is 0 Å². The average molecular weight is 324 g/mol. The zero-order valence-electron chi connectivity index (χ0n) is 9.80. The van der Waals surface area contributed by atoms with Gasteiger partial charge in [-0.25, -0.2) is 0 Å². The lowest BCUT2D eigenvalue weighted by Gasteiger charge is -2.06. The summed E-state index contributed by atoms with van der Waals surface area (Å²) in [6.07, 6.45) is 0. The number of hydrogen-bond donors (Lipinski definition) is 1. The average Bonchev–Trinajstić information content (AvgIpc) is 2.34. The monoisotopic (exact) mass is 323 g/mol. The van der Waals surface area contributed by atoms with E-state index < -0.39 is 10.8 Å². The first-order valence-electron chi connectivity index (χ1n) is 5.58. The third-order valence-corrected chi connectivity index (χ3v) is 4.59. The molecule has 1 atom stereocenters. The normalized spacial score (nSPS) is 12.3. The first-order valence-corrected chi connectivity index (χ1v) is 7.86. The standard InChI is InChI=1S/C14H14BrNOS/c15-14-8-13(16)7-6-12(14)10-18(17)9-11-4-2-1-3-5-11/h1-8H,9-10,16H2. The number of rotatable bonds is 4. The highest BCUT2D eigenvalue weighted by atomic mass is 79.9. The molecule has 0 amide bonds. The van der Waals surface area contributed by atoms with Crippen LogP contribution in [0.5, 0.6) is 0 Å². The van der Waals surface area contributed by atoms with Gasteiger partial charge in [-0.05, 0) is 23.3 Å². The van der Waals surface area contributed by atoms with E-state index in [1.165, 1.54) is 0 Å². The van der Waals surface area contributed by atoms with Gasteiger partial charge < -0.3 is 5.73 Å². The van der Waals surface area contributed by atoms with E-state index in [1.54, 1.807) is 0 Å². The fraction of sp³-hybridized carbons (Fsp3) is 0.143. The van der Waals surface area contributed by atoms with E-state index in [-0.39, 0.29) is 0 Å². The van der Waals surface area contributed by atoms with Crippen molar-refractivity contribution in [2.75, 3.05) is 5.73 Å². The maximum Gasteiger partial charge on any atom is 0.0500 e. The Labute approximate surface area is 118 Å². The van der Waals surface area contributed by atoms with Crippen molar-refractivity contribution in [1.82, 2.24) is 0 Å². The number of nitrogens with two attached hydrogens (primary N) is 1. The molecule has 2 rings (SSSR count). The Morgan fingerprint density at radius 2 is 1.78 bits per heavy atom. The number of anilines is 1. The van der Waals surface area contributed by atoms with Crippen molar-refractivity contribution in [3.8, 4) is 0 Å². The van der Waals surface area contributed by atoms with Crippen molar-refractivity contribution in [3.63, 3.8) is 0 Å². The minimum Gasteiger partial charge on any atom is -0.399 e. The van der Waals surface area contributed by atoms with E-state index in [4.69, 9.17) is 5.73 Å². The summed E-state index contributed by atoms with van der Waals surface area (Å²) in [5, 5.41) is 0. The van der Waals surface area contributed by atoms with Crippen LogP contribution in [0.4, 0.5) is 5.69 Å². The molecule has 0 saturated carbocycles. The van der Waals surface area contributed by atoms with Crippen molar-refractivity contribution < 1.29 is 4.21 Å². The third-order valence-electron chi connectivity index (χ3n) is 2.56. The second-order valence-electron chi connectivity index (χ2n) is 4.06. The number of nitrogen functional groups attached to an aromatic ring is 1. The molecule has 2 aromatic rings. The molecule has 0 bridgehead atoms. The van der Waals surface area contributed by atoms with Crippen molar-refractivity contribution in [2.45, 2.75) is 11.5 Å². The topological polar surface area (TPSA) is 43.1 Å². The van der Waals surface area contributed by atoms with Gasteiger partial charge in [0.15, 0.2) is 0 Å². The molecular formula is C14H14BrNOS. The molecule has 2 nitrogen and oxygen atoms in total. The summed E-state index contributed by atoms with van der Waals surface area (Å²) in [6.45, 7) is 0. The van der Waals surface area contributed by atoms with Gasteiger partial charge in [0.25, 0.3) is 0 Å². The second kappa shape index (κ2) is 6.16. The van der Waals surface area contributed by atoms with Gasteiger partial charge in [-0.1, -0.05) is 52.3 Å². The van der Waals surface area contributed by atoms with Crippen molar-refractivity contribution in [3.05, 3.63) is 64.1 Å². The molecule has 0 fully saturated rings. The molecule has 2 aromatic carbocycles. The van der Waals surface area contributed by atoms with Crippen LogP contribution in [0.25, 0.3) is 0 Å². The molecule has 0 aliphatic carbocycles. The van der Waals surface area contributed by atoms with Crippen LogP contribution >= 0.6 is 15.9 Å². The fourth-order valence-electron chi connectivity index (χ4n) is 1.67. The molecule has 2 N–H and O–H groups in total. The molecule has 1 unspecified atom stereocenters. The number of benzene rings is 2. The van der Waals surface area contributed by atoms with E-state index in [1.807, 2.05) is 48.5 Å². The maximum atomic E-state index is 12.1. The van der Waals surface area contributed by atoms with Gasteiger partial charge in [0, 0.05) is 32.5 Å². The molecule has 0 saturated heterocycles. The molecule has 4 heteroatoms. The highest BCUT2D eigenvalue weighted by Crippen LogP contribution is 2.21. The molecule has 18 heavy (non-hydrogen) atoms. The Morgan fingerprint density at radius 3 is 2.44 bits per heavy atom. The lowest BCUT2D eigenvalue weighted by atomic mass is 10.2. The molecule has 0 spiro atoms. The summed E-state index contributed by atoms with van der Waals surface area (Å²) < 4.78 is 13.0. The van der Waals surface area contributed by atoms with Gasteiger partial charge in [-0.2, -0.15) is 0 Å². The van der Waals surface area contributed by atoms with E-state index in [9.17, 15) is 4.21 Å². The van der Waals surface area contributed by atoms with E-state index in [0.717, 1.165) is 15.6 Å².